The van der Waals surface area contributed by atoms with Crippen molar-refractivity contribution in [3.63, 3.8) is 0 Å². The van der Waals surface area contributed by atoms with E-state index in [2.05, 4.69) is 17.3 Å². The predicted molar refractivity (Wildman–Crippen MR) is 113 cm³/mol. The van der Waals surface area contributed by atoms with Crippen LogP contribution in [-0.4, -0.2) is 29.8 Å². The second kappa shape index (κ2) is 8.52. The lowest BCUT2D eigenvalue weighted by Crippen LogP contribution is -2.29. The third-order valence-corrected chi connectivity index (χ3v) is 4.49. The number of carbonyl (C=O) groups is 1. The van der Waals surface area contributed by atoms with Crippen molar-refractivity contribution in [2.45, 2.75) is 19.9 Å². The van der Waals surface area contributed by atoms with Crippen molar-refractivity contribution < 1.29 is 4.79 Å². The van der Waals surface area contributed by atoms with E-state index in [1.807, 2.05) is 67.5 Å². The number of aryl methyl sites for hydroxylation is 1. The van der Waals surface area contributed by atoms with E-state index in [4.69, 9.17) is 0 Å². The van der Waals surface area contributed by atoms with Crippen LogP contribution in [0.3, 0.4) is 0 Å². The third-order valence-electron chi connectivity index (χ3n) is 4.49. The minimum atomic E-state index is -0.313. The average Bonchev–Trinajstić information content (AvgIpc) is 2.70. The number of hydrogen-bond donors (Lipinski definition) is 1. The summed E-state index contributed by atoms with van der Waals surface area (Å²) in [6.07, 6.45) is 0.961. The molecule has 1 N–H and O–H groups in total. The van der Waals surface area contributed by atoms with E-state index in [1.54, 1.807) is 6.07 Å². The van der Waals surface area contributed by atoms with Gasteiger partial charge in [-0.05, 0) is 42.3 Å². The molecule has 0 aliphatic heterocycles. The minimum Gasteiger partial charge on any atom is -0.378 e. The maximum Gasteiger partial charge on any atom is 0.267 e. The van der Waals surface area contributed by atoms with E-state index in [-0.39, 0.29) is 18.0 Å². The smallest absolute Gasteiger partial charge is 0.267 e. The van der Waals surface area contributed by atoms with E-state index in [9.17, 15) is 9.59 Å². The second-order valence-electron chi connectivity index (χ2n) is 6.75. The zero-order valence-electron chi connectivity index (χ0n) is 16.3. The van der Waals surface area contributed by atoms with Crippen molar-refractivity contribution in [2.24, 2.45) is 0 Å². The van der Waals surface area contributed by atoms with Gasteiger partial charge in [0, 0.05) is 37.1 Å². The average molecular weight is 376 g/mol. The van der Waals surface area contributed by atoms with Gasteiger partial charge in [-0.15, -0.1) is 0 Å². The van der Waals surface area contributed by atoms with Crippen molar-refractivity contribution in [2.75, 3.05) is 24.3 Å². The number of anilines is 2. The van der Waals surface area contributed by atoms with Crippen LogP contribution in [0.4, 0.5) is 11.4 Å². The first-order chi connectivity index (χ1) is 13.5. The highest BCUT2D eigenvalue weighted by molar-refractivity contribution is 5.90. The van der Waals surface area contributed by atoms with Crippen LogP contribution < -0.4 is 15.8 Å². The Morgan fingerprint density at radius 1 is 1.00 bits per heavy atom. The standard InChI is InChI=1S/C22H24N4O2/c1-4-16-5-7-17(8-6-16)20-13-14-22(28)26(24-20)15-21(27)23-18-9-11-19(12-10-18)25(2)3/h5-14H,4,15H2,1-3H3,(H,23,27). The molecule has 0 fully saturated rings. The molecule has 0 unspecified atom stereocenters. The van der Waals surface area contributed by atoms with Gasteiger partial charge in [0.05, 0.1) is 5.69 Å². The Morgan fingerprint density at radius 2 is 1.68 bits per heavy atom. The summed E-state index contributed by atoms with van der Waals surface area (Å²) in [7, 11) is 3.91. The summed E-state index contributed by atoms with van der Waals surface area (Å²) in [5, 5.41) is 7.15. The Morgan fingerprint density at radius 3 is 2.29 bits per heavy atom. The van der Waals surface area contributed by atoms with Gasteiger partial charge < -0.3 is 10.2 Å². The van der Waals surface area contributed by atoms with Crippen LogP contribution in [0.2, 0.25) is 0 Å². The summed E-state index contributed by atoms with van der Waals surface area (Å²) in [6.45, 7) is 1.95. The van der Waals surface area contributed by atoms with E-state index in [1.165, 1.54) is 16.3 Å². The number of aromatic nitrogens is 2. The van der Waals surface area contributed by atoms with Crippen molar-refractivity contribution in [1.82, 2.24) is 9.78 Å². The molecule has 0 aliphatic rings. The summed E-state index contributed by atoms with van der Waals surface area (Å²) in [6, 6.07) is 18.6. The molecule has 0 atom stereocenters. The molecule has 0 spiro atoms. The quantitative estimate of drug-likeness (QED) is 0.718. The summed E-state index contributed by atoms with van der Waals surface area (Å²) in [5.74, 6) is -0.300. The highest BCUT2D eigenvalue weighted by Crippen LogP contribution is 2.17. The van der Waals surface area contributed by atoms with Crippen molar-refractivity contribution >= 4 is 17.3 Å². The topological polar surface area (TPSA) is 67.2 Å². The Balaban J connectivity index is 1.74. The number of rotatable bonds is 6. The summed E-state index contributed by atoms with van der Waals surface area (Å²) in [5.41, 5.74) is 4.20. The van der Waals surface area contributed by atoms with E-state index >= 15 is 0 Å². The molecule has 1 heterocycles. The molecular formula is C22H24N4O2. The van der Waals surface area contributed by atoms with Gasteiger partial charge in [-0.2, -0.15) is 5.10 Å². The van der Waals surface area contributed by atoms with E-state index < -0.39 is 0 Å². The molecule has 6 heteroatoms. The molecule has 144 valence electrons. The van der Waals surface area contributed by atoms with Gasteiger partial charge in [0.2, 0.25) is 5.91 Å². The fourth-order valence-corrected chi connectivity index (χ4v) is 2.81. The Hall–Kier alpha value is -3.41. The van der Waals surface area contributed by atoms with Crippen molar-refractivity contribution in [3.8, 4) is 11.3 Å². The third kappa shape index (κ3) is 4.65. The van der Waals surface area contributed by atoms with Gasteiger partial charge in [-0.25, -0.2) is 4.68 Å². The first-order valence-corrected chi connectivity index (χ1v) is 9.21. The van der Waals surface area contributed by atoms with E-state index in [0.29, 0.717) is 11.4 Å². The van der Waals surface area contributed by atoms with Gasteiger partial charge in [0.1, 0.15) is 6.54 Å². The van der Waals surface area contributed by atoms with Crippen LogP contribution in [-0.2, 0) is 17.8 Å². The second-order valence-corrected chi connectivity index (χ2v) is 6.75. The Bertz CT molecular complexity index is 1010. The molecule has 0 aliphatic carbocycles. The molecule has 3 rings (SSSR count). The molecule has 6 nitrogen and oxygen atoms in total. The molecule has 0 radical (unpaired) electrons. The minimum absolute atomic E-state index is 0.144. The molecule has 0 saturated carbocycles. The molecule has 3 aromatic rings. The lowest BCUT2D eigenvalue weighted by molar-refractivity contribution is -0.117. The van der Waals surface area contributed by atoms with Crippen LogP contribution in [0.15, 0.2) is 65.5 Å². The number of benzene rings is 2. The number of nitrogens with one attached hydrogen (secondary N) is 1. The summed E-state index contributed by atoms with van der Waals surface area (Å²) in [4.78, 5) is 26.5. The lowest BCUT2D eigenvalue weighted by Gasteiger charge is -2.13. The molecular weight excluding hydrogens is 352 g/mol. The zero-order chi connectivity index (χ0) is 20.1. The van der Waals surface area contributed by atoms with Gasteiger partial charge in [-0.1, -0.05) is 31.2 Å². The van der Waals surface area contributed by atoms with Gasteiger partial charge in [0.25, 0.3) is 5.56 Å². The first kappa shape index (κ1) is 19.4. The van der Waals surface area contributed by atoms with E-state index in [0.717, 1.165) is 17.7 Å². The monoisotopic (exact) mass is 376 g/mol. The number of hydrogen-bond acceptors (Lipinski definition) is 4. The molecule has 1 amide bonds. The van der Waals surface area contributed by atoms with Crippen molar-refractivity contribution in [3.05, 3.63) is 76.6 Å². The highest BCUT2D eigenvalue weighted by atomic mass is 16.2. The van der Waals surface area contributed by atoms with Crippen molar-refractivity contribution in [1.29, 1.82) is 0 Å². The van der Waals surface area contributed by atoms with Crippen LogP contribution in [0, 0.1) is 0 Å². The molecule has 0 bridgehead atoms. The van der Waals surface area contributed by atoms with Gasteiger partial charge in [-0.3, -0.25) is 9.59 Å². The van der Waals surface area contributed by atoms with Crippen LogP contribution in [0.5, 0.6) is 0 Å². The lowest BCUT2D eigenvalue weighted by atomic mass is 10.1. The number of carbonyl (C=O) groups excluding carboxylic acids is 1. The SMILES string of the molecule is CCc1ccc(-c2ccc(=O)n(CC(=O)Nc3ccc(N(C)C)cc3)n2)cc1. The molecule has 1 aromatic heterocycles. The highest BCUT2D eigenvalue weighted by Gasteiger charge is 2.09. The molecule has 28 heavy (non-hydrogen) atoms. The maximum absolute atomic E-state index is 12.4. The fourth-order valence-electron chi connectivity index (χ4n) is 2.81. The Kier molecular flexibility index (Phi) is 5.89. The maximum atomic E-state index is 12.4. The first-order valence-electron chi connectivity index (χ1n) is 9.21. The molecule has 0 saturated heterocycles. The van der Waals surface area contributed by atoms with Gasteiger partial charge >= 0.3 is 0 Å². The zero-order valence-corrected chi connectivity index (χ0v) is 16.3. The number of amides is 1. The Labute approximate surface area is 164 Å². The van der Waals surface area contributed by atoms with Crippen LogP contribution in [0.1, 0.15) is 12.5 Å². The largest absolute Gasteiger partial charge is 0.378 e. The predicted octanol–water partition coefficient (Wildman–Crippen LogP) is 3.18. The van der Waals surface area contributed by atoms with Crippen LogP contribution >= 0.6 is 0 Å². The fraction of sp³-hybridized carbons (Fsp3) is 0.227. The summed E-state index contributed by atoms with van der Waals surface area (Å²) >= 11 is 0. The number of nitrogens with zero attached hydrogens (tertiary/aromatic N) is 3. The van der Waals surface area contributed by atoms with Crippen LogP contribution in [0.25, 0.3) is 11.3 Å². The summed E-state index contributed by atoms with van der Waals surface area (Å²) < 4.78 is 1.19. The normalized spacial score (nSPS) is 10.5. The van der Waals surface area contributed by atoms with Gasteiger partial charge in [0.15, 0.2) is 0 Å². The molecule has 2 aromatic carbocycles.